The number of carbonyl (C=O) groups excluding carboxylic acids is 1. The third-order valence-corrected chi connectivity index (χ3v) is 3.23. The summed E-state index contributed by atoms with van der Waals surface area (Å²) in [6, 6.07) is 3.02. The van der Waals surface area contributed by atoms with Crippen LogP contribution in [0.25, 0.3) is 0 Å². The Morgan fingerprint density at radius 2 is 2.17 bits per heavy atom. The molecule has 4 N–H and O–H groups in total. The van der Waals surface area contributed by atoms with Gasteiger partial charge in [-0.2, -0.15) is 0 Å². The van der Waals surface area contributed by atoms with Gasteiger partial charge in [0.05, 0.1) is 11.9 Å². The second kappa shape index (κ2) is 4.29. The maximum absolute atomic E-state index is 11.9. The molecule has 96 valence electrons. The lowest BCUT2D eigenvalue weighted by atomic mass is 9.96. The van der Waals surface area contributed by atoms with Crippen molar-refractivity contribution in [1.29, 1.82) is 0 Å². The summed E-state index contributed by atoms with van der Waals surface area (Å²) in [5.74, 6) is -1.52. The zero-order valence-corrected chi connectivity index (χ0v) is 10.0. The van der Waals surface area contributed by atoms with Gasteiger partial charge in [-0.15, -0.1) is 0 Å². The third-order valence-electron chi connectivity index (χ3n) is 3.23. The molecule has 0 radical (unpaired) electrons. The molecule has 1 heterocycles. The number of anilines is 1. The van der Waals surface area contributed by atoms with Gasteiger partial charge >= 0.3 is 5.97 Å². The Balaban J connectivity index is 2.15. The Hall–Kier alpha value is -2.11. The SMILES string of the molecule is CC(NC(=O)c1ccc(N)cn1)(C(=O)O)C1CC1. The van der Waals surface area contributed by atoms with Crippen molar-refractivity contribution in [2.75, 3.05) is 5.73 Å². The van der Waals surface area contributed by atoms with Gasteiger partial charge in [-0.05, 0) is 37.8 Å². The molecule has 1 unspecified atom stereocenters. The van der Waals surface area contributed by atoms with Gasteiger partial charge in [0, 0.05) is 0 Å². The standard InChI is InChI=1S/C12H15N3O3/c1-12(11(17)18,7-2-3-7)15-10(16)9-5-4-8(13)6-14-9/h4-7H,2-3,13H2,1H3,(H,15,16)(H,17,18). The Labute approximate surface area is 104 Å². The summed E-state index contributed by atoms with van der Waals surface area (Å²) in [6.45, 7) is 1.53. The smallest absolute Gasteiger partial charge is 0.329 e. The topological polar surface area (TPSA) is 105 Å². The van der Waals surface area contributed by atoms with Crippen LogP contribution in [0.3, 0.4) is 0 Å². The molecule has 6 heteroatoms. The van der Waals surface area contributed by atoms with Crippen molar-refractivity contribution in [3.05, 3.63) is 24.0 Å². The largest absolute Gasteiger partial charge is 0.480 e. The fraction of sp³-hybridized carbons (Fsp3) is 0.417. The molecule has 2 rings (SSSR count). The summed E-state index contributed by atoms with van der Waals surface area (Å²) in [5.41, 5.74) is 4.87. The number of amides is 1. The van der Waals surface area contributed by atoms with Crippen LogP contribution in [0.4, 0.5) is 5.69 Å². The average Bonchev–Trinajstić information content (AvgIpc) is 3.13. The van der Waals surface area contributed by atoms with E-state index >= 15 is 0 Å². The first kappa shape index (κ1) is 12.3. The molecule has 1 saturated carbocycles. The number of aliphatic carboxylic acids is 1. The van der Waals surface area contributed by atoms with E-state index in [1.165, 1.54) is 19.2 Å². The molecule has 1 aliphatic rings. The number of hydrogen-bond donors (Lipinski definition) is 3. The molecule has 0 spiro atoms. The summed E-state index contributed by atoms with van der Waals surface area (Å²) < 4.78 is 0. The highest BCUT2D eigenvalue weighted by Gasteiger charge is 2.48. The first-order valence-corrected chi connectivity index (χ1v) is 5.71. The van der Waals surface area contributed by atoms with Crippen LogP contribution in [0, 0.1) is 5.92 Å². The minimum Gasteiger partial charge on any atom is -0.480 e. The Bertz CT molecular complexity index is 482. The van der Waals surface area contributed by atoms with Gasteiger partial charge in [-0.1, -0.05) is 0 Å². The molecule has 1 aromatic heterocycles. The van der Waals surface area contributed by atoms with Gasteiger partial charge in [0.25, 0.3) is 5.91 Å². The molecule has 1 amide bonds. The van der Waals surface area contributed by atoms with E-state index in [2.05, 4.69) is 10.3 Å². The zero-order valence-electron chi connectivity index (χ0n) is 10.0. The van der Waals surface area contributed by atoms with Crippen LogP contribution in [0.15, 0.2) is 18.3 Å². The van der Waals surface area contributed by atoms with Crippen molar-refractivity contribution >= 4 is 17.6 Å². The lowest BCUT2D eigenvalue weighted by molar-refractivity contribution is -0.144. The van der Waals surface area contributed by atoms with Gasteiger partial charge in [0.2, 0.25) is 0 Å². The normalized spacial score (nSPS) is 17.8. The first-order valence-electron chi connectivity index (χ1n) is 5.71. The van der Waals surface area contributed by atoms with Crippen LogP contribution in [-0.2, 0) is 4.79 Å². The Morgan fingerprint density at radius 1 is 1.50 bits per heavy atom. The highest BCUT2D eigenvalue weighted by Crippen LogP contribution is 2.39. The van der Waals surface area contributed by atoms with Crippen molar-refractivity contribution in [3.63, 3.8) is 0 Å². The second-order valence-electron chi connectivity index (χ2n) is 4.71. The molecule has 0 aromatic carbocycles. The number of hydrogen-bond acceptors (Lipinski definition) is 4. The quantitative estimate of drug-likeness (QED) is 0.726. The number of nitrogens with zero attached hydrogens (tertiary/aromatic N) is 1. The lowest BCUT2D eigenvalue weighted by Crippen LogP contribution is -2.54. The predicted octanol–water partition coefficient (Wildman–Crippen LogP) is 0.647. The van der Waals surface area contributed by atoms with E-state index in [-0.39, 0.29) is 11.6 Å². The van der Waals surface area contributed by atoms with E-state index in [9.17, 15) is 14.7 Å². The summed E-state index contributed by atoms with van der Waals surface area (Å²) >= 11 is 0. The number of nitrogens with two attached hydrogens (primary N) is 1. The van der Waals surface area contributed by atoms with E-state index in [0.717, 1.165) is 12.8 Å². The fourth-order valence-electron chi connectivity index (χ4n) is 1.83. The van der Waals surface area contributed by atoms with E-state index in [0.29, 0.717) is 5.69 Å². The number of carboxylic acids is 1. The van der Waals surface area contributed by atoms with Crippen LogP contribution in [-0.4, -0.2) is 27.5 Å². The Morgan fingerprint density at radius 3 is 2.61 bits per heavy atom. The van der Waals surface area contributed by atoms with Crippen LogP contribution >= 0.6 is 0 Å². The molecule has 1 aliphatic carbocycles. The first-order chi connectivity index (χ1) is 8.43. The second-order valence-corrected chi connectivity index (χ2v) is 4.71. The molecule has 1 atom stereocenters. The van der Waals surface area contributed by atoms with Gasteiger partial charge < -0.3 is 16.2 Å². The fourth-order valence-corrected chi connectivity index (χ4v) is 1.83. The zero-order chi connectivity index (χ0) is 13.3. The van der Waals surface area contributed by atoms with Gasteiger partial charge in [0.15, 0.2) is 0 Å². The molecular weight excluding hydrogens is 234 g/mol. The van der Waals surface area contributed by atoms with Gasteiger partial charge in [-0.3, -0.25) is 4.79 Å². The maximum Gasteiger partial charge on any atom is 0.329 e. The van der Waals surface area contributed by atoms with Gasteiger partial charge in [0.1, 0.15) is 11.2 Å². The van der Waals surface area contributed by atoms with Crippen LogP contribution in [0.5, 0.6) is 0 Å². The van der Waals surface area contributed by atoms with Crippen molar-refractivity contribution in [1.82, 2.24) is 10.3 Å². The molecular formula is C12H15N3O3. The number of carboxylic acid groups (broad SMARTS) is 1. The highest BCUT2D eigenvalue weighted by atomic mass is 16.4. The van der Waals surface area contributed by atoms with Crippen molar-refractivity contribution in [2.24, 2.45) is 5.92 Å². The molecule has 6 nitrogen and oxygen atoms in total. The number of pyridine rings is 1. The number of carbonyl (C=O) groups is 2. The summed E-state index contributed by atoms with van der Waals surface area (Å²) in [6.07, 6.45) is 3.00. The number of nitrogen functional groups attached to an aromatic ring is 1. The van der Waals surface area contributed by atoms with Gasteiger partial charge in [-0.25, -0.2) is 9.78 Å². The number of rotatable bonds is 4. The van der Waals surface area contributed by atoms with Crippen molar-refractivity contribution < 1.29 is 14.7 Å². The summed E-state index contributed by atoms with van der Waals surface area (Å²) in [7, 11) is 0. The number of aromatic nitrogens is 1. The predicted molar refractivity (Wildman–Crippen MR) is 64.9 cm³/mol. The lowest BCUT2D eigenvalue weighted by Gasteiger charge is -2.25. The maximum atomic E-state index is 11.9. The molecule has 0 bridgehead atoms. The molecule has 0 saturated heterocycles. The van der Waals surface area contributed by atoms with Crippen molar-refractivity contribution in [2.45, 2.75) is 25.3 Å². The Kier molecular flexibility index (Phi) is 2.94. The van der Waals surface area contributed by atoms with Crippen LogP contribution in [0.2, 0.25) is 0 Å². The summed E-state index contributed by atoms with van der Waals surface area (Å²) in [4.78, 5) is 27.1. The molecule has 1 fully saturated rings. The minimum absolute atomic E-state index is 0.00673. The monoisotopic (exact) mass is 249 g/mol. The molecule has 1 aromatic rings. The van der Waals surface area contributed by atoms with E-state index < -0.39 is 17.4 Å². The molecule has 18 heavy (non-hydrogen) atoms. The minimum atomic E-state index is -1.22. The van der Waals surface area contributed by atoms with E-state index in [4.69, 9.17) is 5.73 Å². The van der Waals surface area contributed by atoms with Crippen molar-refractivity contribution in [3.8, 4) is 0 Å². The third kappa shape index (κ3) is 2.27. The van der Waals surface area contributed by atoms with E-state index in [1.807, 2.05) is 0 Å². The molecule has 0 aliphatic heterocycles. The van der Waals surface area contributed by atoms with Crippen LogP contribution < -0.4 is 11.1 Å². The van der Waals surface area contributed by atoms with E-state index in [1.54, 1.807) is 6.07 Å². The van der Waals surface area contributed by atoms with Crippen LogP contribution in [0.1, 0.15) is 30.3 Å². The highest BCUT2D eigenvalue weighted by molar-refractivity contribution is 5.96. The average molecular weight is 249 g/mol. The summed E-state index contributed by atoms with van der Waals surface area (Å²) in [5, 5.41) is 11.8. The number of nitrogens with one attached hydrogen (secondary N) is 1.